The Hall–Kier alpha value is -1.59. The number of amides is 2. The van der Waals surface area contributed by atoms with Crippen molar-refractivity contribution in [3.8, 4) is 0 Å². The molecule has 3 atom stereocenters. The standard InChI is InChI=1S/C21H31N3O2.ClH/c1-24(2)21(26)18(11-14-7-4-3-5-8-14)23-20(25)17-12-15-9-6-10-16(13-17)19(15)22;/h3-5,7-8,15-19H,6,9-13,22H2,1-2H3,(H,23,25);1H. The molecule has 1 aromatic rings. The topological polar surface area (TPSA) is 75.4 Å². The second-order valence-corrected chi connectivity index (χ2v) is 8.18. The van der Waals surface area contributed by atoms with Crippen LogP contribution < -0.4 is 11.1 Å². The molecule has 2 saturated carbocycles. The fourth-order valence-electron chi connectivity index (χ4n) is 4.65. The predicted octanol–water partition coefficient (Wildman–Crippen LogP) is 2.38. The second-order valence-electron chi connectivity index (χ2n) is 8.18. The minimum atomic E-state index is -0.518. The van der Waals surface area contributed by atoms with Crippen molar-refractivity contribution in [1.82, 2.24) is 10.2 Å². The van der Waals surface area contributed by atoms with Gasteiger partial charge in [-0.2, -0.15) is 0 Å². The van der Waals surface area contributed by atoms with Gasteiger partial charge in [0, 0.05) is 32.5 Å². The summed E-state index contributed by atoms with van der Waals surface area (Å²) >= 11 is 0. The van der Waals surface area contributed by atoms with Crippen molar-refractivity contribution < 1.29 is 9.59 Å². The number of hydrogen-bond donors (Lipinski definition) is 2. The molecule has 5 nitrogen and oxygen atoms in total. The number of nitrogens with zero attached hydrogens (tertiary/aromatic N) is 1. The third-order valence-electron chi connectivity index (χ3n) is 6.12. The molecule has 0 heterocycles. The number of carbonyl (C=O) groups is 2. The molecule has 0 aliphatic heterocycles. The number of likely N-dealkylation sites (N-methyl/N-ethyl adjacent to an activating group) is 1. The molecule has 150 valence electrons. The first-order chi connectivity index (χ1) is 12.5. The number of benzene rings is 1. The van der Waals surface area contributed by atoms with E-state index in [1.165, 1.54) is 6.42 Å². The maximum Gasteiger partial charge on any atom is 0.244 e. The molecule has 2 fully saturated rings. The molecule has 27 heavy (non-hydrogen) atoms. The number of carbonyl (C=O) groups excluding carboxylic acids is 2. The van der Waals surface area contributed by atoms with Crippen LogP contribution in [-0.2, 0) is 16.0 Å². The molecule has 0 spiro atoms. The zero-order chi connectivity index (χ0) is 18.7. The van der Waals surface area contributed by atoms with Gasteiger partial charge in [-0.3, -0.25) is 9.59 Å². The van der Waals surface area contributed by atoms with Crippen LogP contribution in [0.15, 0.2) is 30.3 Å². The fourth-order valence-corrected chi connectivity index (χ4v) is 4.65. The van der Waals surface area contributed by atoms with Gasteiger partial charge in [0.1, 0.15) is 6.04 Å². The summed E-state index contributed by atoms with van der Waals surface area (Å²) in [5.74, 6) is 0.851. The largest absolute Gasteiger partial charge is 0.347 e. The lowest BCUT2D eigenvalue weighted by molar-refractivity contribution is -0.136. The predicted molar refractivity (Wildman–Crippen MR) is 110 cm³/mol. The summed E-state index contributed by atoms with van der Waals surface area (Å²) in [5, 5.41) is 3.05. The molecule has 3 rings (SSSR count). The van der Waals surface area contributed by atoms with Gasteiger partial charge in [0.15, 0.2) is 0 Å². The molecule has 2 aliphatic rings. The number of nitrogens with two attached hydrogens (primary N) is 1. The first kappa shape index (κ1) is 21.7. The first-order valence-corrected chi connectivity index (χ1v) is 9.76. The average Bonchev–Trinajstić information content (AvgIpc) is 2.61. The molecular weight excluding hydrogens is 362 g/mol. The van der Waals surface area contributed by atoms with Crippen LogP contribution in [-0.4, -0.2) is 42.9 Å². The summed E-state index contributed by atoms with van der Waals surface area (Å²) in [7, 11) is 3.47. The zero-order valence-corrected chi connectivity index (χ0v) is 17.1. The minimum absolute atomic E-state index is 0. The monoisotopic (exact) mass is 393 g/mol. The van der Waals surface area contributed by atoms with E-state index in [0.29, 0.717) is 18.3 Å². The lowest BCUT2D eigenvalue weighted by Crippen LogP contribution is -2.53. The van der Waals surface area contributed by atoms with E-state index in [9.17, 15) is 9.59 Å². The Balaban J connectivity index is 0.00000261. The third-order valence-corrected chi connectivity index (χ3v) is 6.12. The van der Waals surface area contributed by atoms with Crippen LogP contribution in [0.2, 0.25) is 0 Å². The smallest absolute Gasteiger partial charge is 0.244 e. The molecular formula is C21H32ClN3O2. The highest BCUT2D eigenvalue weighted by molar-refractivity contribution is 5.88. The summed E-state index contributed by atoms with van der Waals surface area (Å²) in [4.78, 5) is 27.1. The van der Waals surface area contributed by atoms with E-state index in [0.717, 1.165) is 31.2 Å². The van der Waals surface area contributed by atoms with Crippen LogP contribution >= 0.6 is 12.4 Å². The van der Waals surface area contributed by atoms with Gasteiger partial charge in [0.05, 0.1) is 0 Å². The first-order valence-electron chi connectivity index (χ1n) is 9.76. The molecule has 1 aromatic carbocycles. The molecule has 2 bridgehead atoms. The molecule has 6 heteroatoms. The molecule has 3 N–H and O–H groups in total. The van der Waals surface area contributed by atoms with Gasteiger partial charge in [-0.05, 0) is 43.1 Å². The lowest BCUT2D eigenvalue weighted by Gasteiger charge is -2.43. The van der Waals surface area contributed by atoms with Crippen molar-refractivity contribution in [3.63, 3.8) is 0 Å². The highest BCUT2D eigenvalue weighted by Gasteiger charge is 2.41. The third kappa shape index (κ3) is 5.23. The molecule has 0 aromatic heterocycles. The Morgan fingerprint density at radius 3 is 2.30 bits per heavy atom. The number of hydrogen-bond acceptors (Lipinski definition) is 3. The second kappa shape index (κ2) is 9.56. The van der Waals surface area contributed by atoms with Crippen LogP contribution in [0, 0.1) is 17.8 Å². The Bertz CT molecular complexity index is 624. The van der Waals surface area contributed by atoms with Crippen molar-refractivity contribution in [2.75, 3.05) is 14.1 Å². The van der Waals surface area contributed by atoms with Crippen molar-refractivity contribution in [3.05, 3.63) is 35.9 Å². The van der Waals surface area contributed by atoms with Crippen LogP contribution in [0.3, 0.4) is 0 Å². The van der Waals surface area contributed by atoms with Gasteiger partial charge in [-0.1, -0.05) is 36.8 Å². The Kier molecular flexibility index (Phi) is 7.68. The Morgan fingerprint density at radius 1 is 1.15 bits per heavy atom. The minimum Gasteiger partial charge on any atom is -0.347 e. The SMILES string of the molecule is CN(C)C(=O)C(Cc1ccccc1)NC(=O)C1CC2CCCC(C1)C2N.Cl. The van der Waals surface area contributed by atoms with Crippen LogP contribution in [0.1, 0.15) is 37.7 Å². The summed E-state index contributed by atoms with van der Waals surface area (Å²) in [5.41, 5.74) is 7.40. The van der Waals surface area contributed by atoms with E-state index in [2.05, 4.69) is 5.32 Å². The summed E-state index contributed by atoms with van der Waals surface area (Å²) in [6.07, 6.45) is 5.72. The fraction of sp³-hybridized carbons (Fsp3) is 0.619. The maximum absolute atomic E-state index is 12.9. The van der Waals surface area contributed by atoms with Gasteiger partial charge in [0.2, 0.25) is 11.8 Å². The van der Waals surface area contributed by atoms with Gasteiger partial charge in [-0.15, -0.1) is 12.4 Å². The number of fused-ring (bicyclic) bond motifs is 2. The molecule has 2 aliphatic carbocycles. The molecule has 3 unspecified atom stereocenters. The number of halogens is 1. The van der Waals surface area contributed by atoms with E-state index in [1.807, 2.05) is 30.3 Å². The van der Waals surface area contributed by atoms with Crippen LogP contribution in [0.4, 0.5) is 0 Å². The maximum atomic E-state index is 12.9. The zero-order valence-electron chi connectivity index (χ0n) is 16.3. The summed E-state index contributed by atoms with van der Waals surface area (Å²) < 4.78 is 0. The number of nitrogens with one attached hydrogen (secondary N) is 1. The van der Waals surface area contributed by atoms with Gasteiger partial charge < -0.3 is 16.0 Å². The van der Waals surface area contributed by atoms with Crippen molar-refractivity contribution in [2.24, 2.45) is 23.5 Å². The Labute approximate surface area is 168 Å². The van der Waals surface area contributed by atoms with Gasteiger partial charge in [0.25, 0.3) is 0 Å². The van der Waals surface area contributed by atoms with Crippen molar-refractivity contribution >= 4 is 24.2 Å². The number of rotatable bonds is 5. The van der Waals surface area contributed by atoms with E-state index in [-0.39, 0.29) is 36.2 Å². The van der Waals surface area contributed by atoms with Crippen LogP contribution in [0.25, 0.3) is 0 Å². The average molecular weight is 394 g/mol. The van der Waals surface area contributed by atoms with Gasteiger partial charge >= 0.3 is 0 Å². The van der Waals surface area contributed by atoms with E-state index >= 15 is 0 Å². The summed E-state index contributed by atoms with van der Waals surface area (Å²) in [6, 6.07) is 9.58. The van der Waals surface area contributed by atoms with Crippen molar-refractivity contribution in [2.45, 2.75) is 50.6 Å². The molecule has 0 radical (unpaired) electrons. The van der Waals surface area contributed by atoms with Crippen molar-refractivity contribution in [1.29, 1.82) is 0 Å². The van der Waals surface area contributed by atoms with E-state index in [1.54, 1.807) is 19.0 Å². The highest BCUT2D eigenvalue weighted by atomic mass is 35.5. The highest BCUT2D eigenvalue weighted by Crippen LogP contribution is 2.41. The Morgan fingerprint density at radius 2 is 1.74 bits per heavy atom. The van der Waals surface area contributed by atoms with E-state index < -0.39 is 6.04 Å². The molecule has 2 amide bonds. The lowest BCUT2D eigenvalue weighted by atomic mass is 9.65. The normalized spacial score (nSPS) is 27.8. The van der Waals surface area contributed by atoms with E-state index in [4.69, 9.17) is 5.73 Å². The van der Waals surface area contributed by atoms with Crippen LogP contribution in [0.5, 0.6) is 0 Å². The summed E-state index contributed by atoms with van der Waals surface area (Å²) in [6.45, 7) is 0. The molecule has 0 saturated heterocycles. The quantitative estimate of drug-likeness (QED) is 0.806. The van der Waals surface area contributed by atoms with Gasteiger partial charge in [-0.25, -0.2) is 0 Å².